The van der Waals surface area contributed by atoms with E-state index < -0.39 is 0 Å². The minimum Gasteiger partial charge on any atom is -0.371 e. The number of halogens is 1. The van der Waals surface area contributed by atoms with E-state index in [0.29, 0.717) is 5.02 Å². The fraction of sp³-hybridized carbons (Fsp3) is 0.348. The van der Waals surface area contributed by atoms with Crippen LogP contribution >= 0.6 is 11.6 Å². The van der Waals surface area contributed by atoms with Gasteiger partial charge in [-0.2, -0.15) is 0 Å². The zero-order chi connectivity index (χ0) is 19.2. The quantitative estimate of drug-likeness (QED) is 0.695. The predicted molar refractivity (Wildman–Crippen MR) is 114 cm³/mol. The summed E-state index contributed by atoms with van der Waals surface area (Å²) in [6.07, 6.45) is 5.85. The summed E-state index contributed by atoms with van der Waals surface area (Å²) in [5, 5.41) is 3.65. The van der Waals surface area contributed by atoms with Crippen molar-refractivity contribution in [1.82, 2.24) is 5.32 Å². The monoisotopic (exact) mass is 382 g/mol. The van der Waals surface area contributed by atoms with Gasteiger partial charge in [-0.05, 0) is 61.1 Å². The van der Waals surface area contributed by atoms with Gasteiger partial charge in [-0.25, -0.2) is 0 Å². The number of amides is 1. The van der Waals surface area contributed by atoms with Crippen molar-refractivity contribution in [2.75, 3.05) is 18.0 Å². The second-order valence-corrected chi connectivity index (χ2v) is 7.78. The number of carbonyl (C=O) groups excluding carboxylic acids is 1. The molecule has 3 nitrogen and oxygen atoms in total. The lowest BCUT2D eigenvalue weighted by Gasteiger charge is -2.33. The van der Waals surface area contributed by atoms with Gasteiger partial charge in [-0.3, -0.25) is 4.79 Å². The zero-order valence-corrected chi connectivity index (χ0v) is 16.7. The number of piperidine rings is 1. The molecule has 2 atom stereocenters. The molecule has 0 saturated carbocycles. The average molecular weight is 383 g/mol. The summed E-state index contributed by atoms with van der Waals surface area (Å²) in [5.41, 5.74) is 3.20. The van der Waals surface area contributed by atoms with Gasteiger partial charge in [0.2, 0.25) is 5.91 Å². The Kier molecular flexibility index (Phi) is 6.57. The Morgan fingerprint density at radius 2 is 1.96 bits per heavy atom. The molecule has 2 aromatic rings. The van der Waals surface area contributed by atoms with E-state index >= 15 is 0 Å². The summed E-state index contributed by atoms with van der Waals surface area (Å²) in [6.45, 7) is 6.56. The second kappa shape index (κ2) is 9.09. The van der Waals surface area contributed by atoms with Gasteiger partial charge in [0.1, 0.15) is 0 Å². The molecule has 1 fully saturated rings. The van der Waals surface area contributed by atoms with Crippen molar-refractivity contribution in [1.29, 1.82) is 0 Å². The normalized spacial score (nSPS) is 18.5. The van der Waals surface area contributed by atoms with Gasteiger partial charge in [0.25, 0.3) is 0 Å². The van der Waals surface area contributed by atoms with Crippen molar-refractivity contribution in [3.05, 3.63) is 70.8 Å². The fourth-order valence-corrected chi connectivity index (χ4v) is 3.72. The van der Waals surface area contributed by atoms with Gasteiger partial charge >= 0.3 is 0 Å². The predicted octanol–water partition coefficient (Wildman–Crippen LogP) is 5.47. The van der Waals surface area contributed by atoms with Crippen molar-refractivity contribution in [3.8, 4) is 0 Å². The second-order valence-electron chi connectivity index (χ2n) is 7.37. The standard InChI is InChI=1S/C23H27ClN2O/c1-17-6-5-15-26(16-17)21-12-9-19(10-13-21)18(2)25-23(27)14-11-20-7-3-4-8-22(20)24/h3-4,7-14,17-18H,5-6,15-16H2,1-2H3,(H,25,27)/b14-11+/t17-,18-/m0/s1. The summed E-state index contributed by atoms with van der Waals surface area (Å²) in [7, 11) is 0. The van der Waals surface area contributed by atoms with Crippen LogP contribution in [0.4, 0.5) is 5.69 Å². The minimum absolute atomic E-state index is 0.0530. The molecular weight excluding hydrogens is 356 g/mol. The number of hydrogen-bond acceptors (Lipinski definition) is 2. The molecule has 1 heterocycles. The molecule has 3 rings (SSSR count). The van der Waals surface area contributed by atoms with Gasteiger partial charge in [-0.15, -0.1) is 0 Å². The third-order valence-electron chi connectivity index (χ3n) is 5.09. The molecule has 0 aromatic heterocycles. The van der Waals surface area contributed by atoms with E-state index in [4.69, 9.17) is 11.6 Å². The summed E-state index contributed by atoms with van der Waals surface area (Å²) in [6, 6.07) is 16.0. The summed E-state index contributed by atoms with van der Waals surface area (Å²) in [4.78, 5) is 14.7. The Labute approximate surface area is 167 Å². The summed E-state index contributed by atoms with van der Waals surface area (Å²) >= 11 is 6.11. The largest absolute Gasteiger partial charge is 0.371 e. The first-order valence-electron chi connectivity index (χ1n) is 9.61. The van der Waals surface area contributed by atoms with E-state index in [1.807, 2.05) is 31.2 Å². The maximum Gasteiger partial charge on any atom is 0.244 e. The molecule has 1 aliphatic rings. The number of nitrogens with zero attached hydrogens (tertiary/aromatic N) is 1. The van der Waals surface area contributed by atoms with Crippen molar-refractivity contribution >= 4 is 29.3 Å². The maximum atomic E-state index is 12.2. The Morgan fingerprint density at radius 1 is 1.22 bits per heavy atom. The lowest BCUT2D eigenvalue weighted by molar-refractivity contribution is -0.117. The first kappa shape index (κ1) is 19.5. The Morgan fingerprint density at radius 3 is 2.67 bits per heavy atom. The molecular formula is C23H27ClN2O. The van der Waals surface area contributed by atoms with E-state index in [1.165, 1.54) is 24.6 Å². The Hall–Kier alpha value is -2.26. The van der Waals surface area contributed by atoms with Gasteiger partial charge in [-0.1, -0.05) is 48.9 Å². The molecule has 0 aliphatic carbocycles. The molecule has 1 amide bonds. The minimum atomic E-state index is -0.128. The van der Waals surface area contributed by atoms with Crippen molar-refractivity contribution in [2.45, 2.75) is 32.7 Å². The van der Waals surface area contributed by atoms with Crippen LogP contribution in [0.15, 0.2) is 54.6 Å². The molecule has 4 heteroatoms. The van der Waals surface area contributed by atoms with E-state index in [0.717, 1.165) is 30.1 Å². The molecule has 1 aliphatic heterocycles. The summed E-state index contributed by atoms with van der Waals surface area (Å²) < 4.78 is 0. The third kappa shape index (κ3) is 5.36. The highest BCUT2D eigenvalue weighted by Crippen LogP contribution is 2.24. The number of rotatable bonds is 5. The van der Waals surface area contributed by atoms with Gasteiger partial charge in [0.05, 0.1) is 6.04 Å². The van der Waals surface area contributed by atoms with E-state index in [9.17, 15) is 4.79 Å². The average Bonchev–Trinajstić information content (AvgIpc) is 2.67. The van der Waals surface area contributed by atoms with Crippen LogP contribution in [0.3, 0.4) is 0 Å². The molecule has 0 radical (unpaired) electrons. The number of anilines is 1. The van der Waals surface area contributed by atoms with Crippen LogP contribution < -0.4 is 10.2 Å². The van der Waals surface area contributed by atoms with Crippen LogP contribution in [0.25, 0.3) is 6.08 Å². The van der Waals surface area contributed by atoms with Crippen LogP contribution in [-0.4, -0.2) is 19.0 Å². The SMILES string of the molecule is C[C@H]1CCCN(c2ccc([C@H](C)NC(=O)/C=C/c3ccccc3Cl)cc2)C1. The molecule has 1 saturated heterocycles. The Balaban J connectivity index is 1.58. The highest BCUT2D eigenvalue weighted by atomic mass is 35.5. The lowest BCUT2D eigenvalue weighted by Crippen LogP contribution is -2.34. The number of hydrogen-bond donors (Lipinski definition) is 1. The number of carbonyl (C=O) groups is 1. The molecule has 2 aromatic carbocycles. The van der Waals surface area contributed by atoms with Crippen molar-refractivity contribution in [2.24, 2.45) is 5.92 Å². The first-order chi connectivity index (χ1) is 13.0. The van der Waals surface area contributed by atoms with E-state index in [1.54, 1.807) is 6.08 Å². The van der Waals surface area contributed by atoms with Crippen LogP contribution in [0.5, 0.6) is 0 Å². The third-order valence-corrected chi connectivity index (χ3v) is 5.44. The van der Waals surface area contributed by atoms with Crippen LogP contribution in [-0.2, 0) is 4.79 Å². The molecule has 142 valence electrons. The summed E-state index contributed by atoms with van der Waals surface area (Å²) in [5.74, 6) is 0.623. The lowest BCUT2D eigenvalue weighted by atomic mass is 9.99. The van der Waals surface area contributed by atoms with Gasteiger partial charge < -0.3 is 10.2 Å². The number of nitrogens with one attached hydrogen (secondary N) is 1. The van der Waals surface area contributed by atoms with Crippen molar-refractivity contribution < 1.29 is 4.79 Å². The zero-order valence-electron chi connectivity index (χ0n) is 16.0. The highest BCUT2D eigenvalue weighted by Gasteiger charge is 2.17. The topological polar surface area (TPSA) is 32.3 Å². The molecule has 0 bridgehead atoms. The van der Waals surface area contributed by atoms with Gasteiger partial charge in [0.15, 0.2) is 0 Å². The van der Waals surface area contributed by atoms with Gasteiger partial charge in [0, 0.05) is 29.9 Å². The van der Waals surface area contributed by atoms with E-state index in [-0.39, 0.29) is 11.9 Å². The van der Waals surface area contributed by atoms with Crippen LogP contribution in [0.2, 0.25) is 5.02 Å². The number of benzene rings is 2. The smallest absolute Gasteiger partial charge is 0.244 e. The molecule has 27 heavy (non-hydrogen) atoms. The van der Waals surface area contributed by atoms with E-state index in [2.05, 4.69) is 41.4 Å². The molecule has 0 unspecified atom stereocenters. The fourth-order valence-electron chi connectivity index (χ4n) is 3.52. The Bertz CT molecular complexity index is 800. The first-order valence-corrected chi connectivity index (χ1v) is 9.99. The maximum absolute atomic E-state index is 12.2. The highest BCUT2D eigenvalue weighted by molar-refractivity contribution is 6.32. The molecule has 0 spiro atoms. The van der Waals surface area contributed by atoms with Crippen LogP contribution in [0, 0.1) is 5.92 Å². The van der Waals surface area contributed by atoms with Crippen LogP contribution in [0.1, 0.15) is 43.9 Å². The van der Waals surface area contributed by atoms with Crippen molar-refractivity contribution in [3.63, 3.8) is 0 Å². The molecule has 1 N–H and O–H groups in total.